The third-order valence-electron chi connectivity index (χ3n) is 4.04. The van der Waals surface area contributed by atoms with Crippen LogP contribution in [0.15, 0.2) is 53.6 Å². The molecule has 0 heterocycles. The standard InChI is InChI=1S/C20H23N3O6S/c1-4-29-18-11-9-17(10-12-18)23(30(3,27)28)14(2)19(24)22-21-13-15-5-7-16(8-6-15)20(25)26/h5-14H,4H2,1-3H3,(H,22,24)(H,25,26)/b21-13-/t14-/m0/s1. The van der Waals surface area contributed by atoms with Crippen LogP contribution in [0, 0.1) is 0 Å². The molecule has 2 rings (SSSR count). The number of amides is 1. The minimum absolute atomic E-state index is 0.129. The number of carbonyl (C=O) groups excluding carboxylic acids is 1. The summed E-state index contributed by atoms with van der Waals surface area (Å²) in [6.45, 7) is 3.76. The van der Waals surface area contributed by atoms with Crippen LogP contribution in [0.25, 0.3) is 0 Å². The van der Waals surface area contributed by atoms with Crippen molar-refractivity contribution in [1.82, 2.24) is 5.43 Å². The predicted molar refractivity (Wildman–Crippen MR) is 114 cm³/mol. The molecule has 10 heteroatoms. The van der Waals surface area contributed by atoms with E-state index in [2.05, 4.69) is 10.5 Å². The molecule has 0 bridgehead atoms. The molecule has 0 radical (unpaired) electrons. The molecule has 1 amide bonds. The molecule has 0 aromatic heterocycles. The lowest BCUT2D eigenvalue weighted by Crippen LogP contribution is -2.46. The monoisotopic (exact) mass is 433 g/mol. The van der Waals surface area contributed by atoms with Gasteiger partial charge in [-0.2, -0.15) is 5.10 Å². The Bertz CT molecular complexity index is 1020. The quantitative estimate of drug-likeness (QED) is 0.461. The van der Waals surface area contributed by atoms with E-state index in [9.17, 15) is 18.0 Å². The maximum atomic E-state index is 12.5. The average Bonchev–Trinajstić information content (AvgIpc) is 2.69. The zero-order valence-corrected chi connectivity index (χ0v) is 17.6. The molecule has 0 saturated carbocycles. The van der Waals surface area contributed by atoms with Crippen molar-refractivity contribution < 1.29 is 27.9 Å². The fraction of sp³-hybridized carbons (Fsp3) is 0.250. The molecule has 2 N–H and O–H groups in total. The molecule has 0 aliphatic rings. The van der Waals surface area contributed by atoms with Gasteiger partial charge in [-0.3, -0.25) is 9.10 Å². The lowest BCUT2D eigenvalue weighted by Gasteiger charge is -2.27. The Labute approximate surface area is 175 Å². The highest BCUT2D eigenvalue weighted by Gasteiger charge is 2.29. The Morgan fingerprint density at radius 2 is 1.77 bits per heavy atom. The predicted octanol–water partition coefficient (Wildman–Crippen LogP) is 2.09. The van der Waals surface area contributed by atoms with Crippen LogP contribution >= 0.6 is 0 Å². The van der Waals surface area contributed by atoms with Crippen molar-refractivity contribution in [2.75, 3.05) is 17.2 Å². The normalized spacial score (nSPS) is 12.4. The first-order valence-electron chi connectivity index (χ1n) is 9.02. The number of ether oxygens (including phenoxy) is 1. The number of hydrogen-bond acceptors (Lipinski definition) is 6. The summed E-state index contributed by atoms with van der Waals surface area (Å²) in [5.74, 6) is -1.09. The fourth-order valence-electron chi connectivity index (χ4n) is 2.64. The van der Waals surface area contributed by atoms with Crippen LogP contribution in [0.4, 0.5) is 5.69 Å². The summed E-state index contributed by atoms with van der Waals surface area (Å²) >= 11 is 0. The zero-order valence-electron chi connectivity index (χ0n) is 16.8. The maximum absolute atomic E-state index is 12.5. The van der Waals surface area contributed by atoms with Gasteiger partial charge in [0.1, 0.15) is 11.8 Å². The zero-order chi connectivity index (χ0) is 22.3. The summed E-state index contributed by atoms with van der Waals surface area (Å²) in [6, 6.07) is 11.2. The van der Waals surface area contributed by atoms with Gasteiger partial charge in [0.25, 0.3) is 5.91 Å². The van der Waals surface area contributed by atoms with E-state index in [4.69, 9.17) is 9.84 Å². The van der Waals surface area contributed by atoms with Crippen LogP contribution in [-0.4, -0.2) is 50.5 Å². The largest absolute Gasteiger partial charge is 0.494 e. The Morgan fingerprint density at radius 1 is 1.17 bits per heavy atom. The number of carbonyl (C=O) groups is 2. The number of aromatic carboxylic acids is 1. The van der Waals surface area contributed by atoms with E-state index in [1.165, 1.54) is 37.4 Å². The van der Waals surface area contributed by atoms with Crippen molar-refractivity contribution in [3.63, 3.8) is 0 Å². The summed E-state index contributed by atoms with van der Waals surface area (Å²) < 4.78 is 30.9. The number of hydrogen-bond donors (Lipinski definition) is 2. The van der Waals surface area contributed by atoms with Crippen LogP contribution in [-0.2, 0) is 14.8 Å². The first-order chi connectivity index (χ1) is 14.1. The van der Waals surface area contributed by atoms with Gasteiger partial charge in [0.05, 0.1) is 30.3 Å². The molecular weight excluding hydrogens is 410 g/mol. The summed E-state index contributed by atoms with van der Waals surface area (Å²) in [6.07, 6.45) is 2.35. The molecule has 0 saturated heterocycles. The summed E-state index contributed by atoms with van der Waals surface area (Å²) in [5, 5.41) is 12.7. The third-order valence-corrected chi connectivity index (χ3v) is 5.28. The molecule has 1 atom stereocenters. The number of sulfonamides is 1. The Kier molecular flexibility index (Phi) is 7.54. The van der Waals surface area contributed by atoms with Crippen LogP contribution in [0.2, 0.25) is 0 Å². The van der Waals surface area contributed by atoms with E-state index >= 15 is 0 Å². The third kappa shape index (κ3) is 6.05. The molecular formula is C20H23N3O6S. The minimum atomic E-state index is -3.75. The highest BCUT2D eigenvalue weighted by molar-refractivity contribution is 7.92. The Balaban J connectivity index is 2.12. The van der Waals surface area contributed by atoms with Gasteiger partial charge in [0, 0.05) is 0 Å². The molecule has 160 valence electrons. The second-order valence-corrected chi connectivity index (χ2v) is 8.18. The fourth-order valence-corrected chi connectivity index (χ4v) is 3.82. The molecule has 2 aromatic carbocycles. The van der Waals surface area contributed by atoms with Crippen LogP contribution < -0.4 is 14.5 Å². The number of rotatable bonds is 9. The van der Waals surface area contributed by atoms with Crippen molar-refractivity contribution in [1.29, 1.82) is 0 Å². The number of hydrazone groups is 1. The molecule has 0 fully saturated rings. The van der Waals surface area contributed by atoms with Gasteiger partial charge in [0.15, 0.2) is 0 Å². The number of anilines is 1. The van der Waals surface area contributed by atoms with Gasteiger partial charge in [-0.05, 0) is 55.8 Å². The molecule has 0 aliphatic carbocycles. The minimum Gasteiger partial charge on any atom is -0.494 e. The van der Waals surface area contributed by atoms with Gasteiger partial charge in [-0.25, -0.2) is 18.6 Å². The van der Waals surface area contributed by atoms with E-state index in [1.807, 2.05) is 6.92 Å². The number of benzene rings is 2. The Morgan fingerprint density at radius 3 is 2.27 bits per heavy atom. The summed E-state index contributed by atoms with van der Waals surface area (Å²) in [7, 11) is -3.75. The van der Waals surface area contributed by atoms with Gasteiger partial charge >= 0.3 is 5.97 Å². The van der Waals surface area contributed by atoms with E-state index in [0.29, 0.717) is 23.6 Å². The Hall–Kier alpha value is -3.40. The molecule has 30 heavy (non-hydrogen) atoms. The van der Waals surface area contributed by atoms with Crippen molar-refractivity contribution in [2.24, 2.45) is 5.10 Å². The van der Waals surface area contributed by atoms with Gasteiger partial charge in [-0.1, -0.05) is 12.1 Å². The van der Waals surface area contributed by atoms with Crippen molar-refractivity contribution in [2.45, 2.75) is 19.9 Å². The van der Waals surface area contributed by atoms with Crippen molar-refractivity contribution in [3.05, 3.63) is 59.7 Å². The first kappa shape index (κ1) is 22.9. The van der Waals surface area contributed by atoms with Gasteiger partial charge < -0.3 is 9.84 Å². The lowest BCUT2D eigenvalue weighted by molar-refractivity contribution is -0.121. The maximum Gasteiger partial charge on any atom is 0.335 e. The number of carboxylic acids is 1. The molecule has 0 unspecified atom stereocenters. The molecule has 2 aromatic rings. The van der Waals surface area contributed by atoms with Gasteiger partial charge in [0.2, 0.25) is 10.0 Å². The number of nitrogens with zero attached hydrogens (tertiary/aromatic N) is 2. The topological polar surface area (TPSA) is 125 Å². The van der Waals surface area contributed by atoms with Crippen LogP contribution in [0.3, 0.4) is 0 Å². The van der Waals surface area contributed by atoms with Crippen molar-refractivity contribution >= 4 is 33.8 Å². The average molecular weight is 433 g/mol. The van der Waals surface area contributed by atoms with E-state index < -0.39 is 27.9 Å². The van der Waals surface area contributed by atoms with Crippen LogP contribution in [0.5, 0.6) is 5.75 Å². The first-order valence-corrected chi connectivity index (χ1v) is 10.9. The van der Waals surface area contributed by atoms with Crippen LogP contribution in [0.1, 0.15) is 29.8 Å². The SMILES string of the molecule is CCOc1ccc(N([C@@H](C)C(=O)N/N=C\c2ccc(C(=O)O)cc2)S(C)(=O)=O)cc1. The second kappa shape index (κ2) is 9.88. The molecule has 0 aliphatic heterocycles. The summed E-state index contributed by atoms with van der Waals surface area (Å²) in [4.78, 5) is 23.3. The number of carboxylic acid groups (broad SMARTS) is 1. The van der Waals surface area contributed by atoms with E-state index in [-0.39, 0.29) is 5.56 Å². The highest BCUT2D eigenvalue weighted by atomic mass is 32.2. The lowest BCUT2D eigenvalue weighted by atomic mass is 10.1. The molecule has 0 spiro atoms. The van der Waals surface area contributed by atoms with E-state index in [1.54, 1.807) is 24.3 Å². The molecule has 9 nitrogen and oxygen atoms in total. The smallest absolute Gasteiger partial charge is 0.335 e. The van der Waals surface area contributed by atoms with Gasteiger partial charge in [-0.15, -0.1) is 0 Å². The second-order valence-electron chi connectivity index (χ2n) is 6.32. The summed E-state index contributed by atoms with van der Waals surface area (Å²) in [5.41, 5.74) is 3.32. The highest BCUT2D eigenvalue weighted by Crippen LogP contribution is 2.24. The van der Waals surface area contributed by atoms with Crippen molar-refractivity contribution in [3.8, 4) is 5.75 Å². The number of nitrogens with one attached hydrogen (secondary N) is 1. The van der Waals surface area contributed by atoms with E-state index in [0.717, 1.165) is 10.6 Å².